The van der Waals surface area contributed by atoms with E-state index in [0.29, 0.717) is 53.1 Å². The Morgan fingerprint density at radius 2 is 1.86 bits per heavy atom. The molecule has 224 valence electrons. The lowest BCUT2D eigenvalue weighted by molar-refractivity contribution is -0.0592. The number of hydrogen-bond acceptors (Lipinski definition) is 6. The van der Waals surface area contributed by atoms with Crippen LogP contribution in [0.1, 0.15) is 58.6 Å². The molecule has 3 aliphatic rings. The minimum Gasteiger partial charge on any atom is -0.485 e. The monoisotopic (exact) mass is 609 g/mol. The van der Waals surface area contributed by atoms with Crippen LogP contribution in [0.15, 0.2) is 48.5 Å². The SMILES string of the molecule is O=C(O)c1cc(F)c2nc(CN3CCC(c4cccc5c4O[C@@H](c4ccc(Cl)cc4F)CO5)CC3)n(C[C@@H]3CCO3)c2c1. The fraction of sp³-hybridized carbons (Fsp3) is 0.375. The number of likely N-dealkylation sites (tertiary alicyclic amines) is 1. The van der Waals surface area contributed by atoms with E-state index in [1.165, 1.54) is 12.1 Å². The standard InChI is InChI=1S/C32H30ClF2N3O5/c33-20-4-5-23(24(34)14-20)28-17-42-27-3-1-2-22(31(27)43-28)18-6-9-37(10-7-18)16-29-36-30-25(35)12-19(32(39)40)13-26(30)38(29)15-21-8-11-41-21/h1-5,12-14,18,21,28H,6-11,15-17H2,(H,39,40)/t21-,28+/m0/s1. The highest BCUT2D eigenvalue weighted by atomic mass is 35.5. The molecule has 2 atom stereocenters. The molecule has 4 heterocycles. The molecule has 0 unspecified atom stereocenters. The first-order chi connectivity index (χ1) is 20.8. The summed E-state index contributed by atoms with van der Waals surface area (Å²) in [5, 5.41) is 9.81. The summed E-state index contributed by atoms with van der Waals surface area (Å²) >= 11 is 5.95. The molecule has 8 nitrogen and oxygen atoms in total. The van der Waals surface area contributed by atoms with Crippen LogP contribution < -0.4 is 9.47 Å². The van der Waals surface area contributed by atoms with E-state index in [1.54, 1.807) is 12.1 Å². The molecule has 43 heavy (non-hydrogen) atoms. The third-order valence-electron chi connectivity index (χ3n) is 8.67. The molecule has 0 radical (unpaired) electrons. The molecule has 0 bridgehead atoms. The number of para-hydroxylation sites is 1. The van der Waals surface area contributed by atoms with Crippen molar-refractivity contribution in [1.82, 2.24) is 14.5 Å². The smallest absolute Gasteiger partial charge is 0.335 e. The first-order valence-corrected chi connectivity index (χ1v) is 14.8. The number of aromatic nitrogens is 2. The molecular formula is C32H30ClF2N3O5. The average Bonchev–Trinajstić information content (AvgIpc) is 3.32. The number of imidazole rings is 1. The van der Waals surface area contributed by atoms with Crippen molar-refractivity contribution in [2.45, 2.75) is 50.5 Å². The van der Waals surface area contributed by atoms with Crippen molar-refractivity contribution in [2.75, 3.05) is 26.3 Å². The van der Waals surface area contributed by atoms with Crippen molar-refractivity contribution >= 4 is 28.6 Å². The van der Waals surface area contributed by atoms with Crippen molar-refractivity contribution in [3.8, 4) is 11.5 Å². The Morgan fingerprint density at radius 3 is 2.58 bits per heavy atom. The van der Waals surface area contributed by atoms with E-state index in [-0.39, 0.29) is 29.7 Å². The van der Waals surface area contributed by atoms with Crippen molar-refractivity contribution in [3.63, 3.8) is 0 Å². The number of benzene rings is 3. The molecule has 7 rings (SSSR count). The van der Waals surface area contributed by atoms with E-state index in [9.17, 15) is 18.7 Å². The van der Waals surface area contributed by atoms with Crippen molar-refractivity contribution < 1.29 is 32.9 Å². The van der Waals surface area contributed by atoms with Gasteiger partial charge < -0.3 is 23.9 Å². The molecule has 0 aliphatic carbocycles. The maximum atomic E-state index is 14.9. The molecule has 11 heteroatoms. The summed E-state index contributed by atoms with van der Waals surface area (Å²) in [5.74, 6) is -0.0494. The van der Waals surface area contributed by atoms with Gasteiger partial charge >= 0.3 is 5.97 Å². The number of aromatic carboxylic acids is 1. The Balaban J connectivity index is 1.09. The lowest BCUT2D eigenvalue weighted by Gasteiger charge is -2.35. The largest absolute Gasteiger partial charge is 0.485 e. The van der Waals surface area contributed by atoms with Crippen LogP contribution in [0.25, 0.3) is 11.0 Å². The number of carboxylic acid groups (broad SMARTS) is 1. The third-order valence-corrected chi connectivity index (χ3v) is 8.91. The number of fused-ring (bicyclic) bond motifs is 2. The molecule has 1 N–H and O–H groups in total. The fourth-order valence-electron chi connectivity index (χ4n) is 6.26. The van der Waals surface area contributed by atoms with Gasteiger partial charge in [-0.15, -0.1) is 0 Å². The highest BCUT2D eigenvalue weighted by Crippen LogP contribution is 2.45. The van der Waals surface area contributed by atoms with Crippen molar-refractivity contribution in [1.29, 1.82) is 0 Å². The fourth-order valence-corrected chi connectivity index (χ4v) is 6.42. The molecule has 0 saturated carbocycles. The zero-order valence-electron chi connectivity index (χ0n) is 23.3. The minimum atomic E-state index is -1.18. The number of carboxylic acids is 1. The van der Waals surface area contributed by atoms with Crippen LogP contribution in [-0.4, -0.2) is 57.9 Å². The van der Waals surface area contributed by atoms with Crippen LogP contribution in [0.3, 0.4) is 0 Å². The van der Waals surface area contributed by atoms with Gasteiger partial charge in [0, 0.05) is 22.8 Å². The van der Waals surface area contributed by atoms with Gasteiger partial charge in [0.15, 0.2) is 23.4 Å². The highest BCUT2D eigenvalue weighted by molar-refractivity contribution is 6.30. The van der Waals surface area contributed by atoms with Gasteiger partial charge in [-0.3, -0.25) is 4.90 Å². The van der Waals surface area contributed by atoms with Crippen LogP contribution in [0, 0.1) is 11.6 Å². The number of rotatable bonds is 7. The second kappa shape index (κ2) is 11.4. The molecule has 0 spiro atoms. The van der Waals surface area contributed by atoms with E-state index in [0.717, 1.165) is 44.0 Å². The predicted molar refractivity (Wildman–Crippen MR) is 155 cm³/mol. The lowest BCUT2D eigenvalue weighted by Crippen LogP contribution is -2.35. The third kappa shape index (κ3) is 5.43. The van der Waals surface area contributed by atoms with Gasteiger partial charge in [0.2, 0.25) is 0 Å². The van der Waals surface area contributed by atoms with Gasteiger partial charge in [-0.05, 0) is 68.6 Å². The molecule has 1 aromatic heterocycles. The summed E-state index contributed by atoms with van der Waals surface area (Å²) in [4.78, 5) is 18.5. The Morgan fingerprint density at radius 1 is 1.05 bits per heavy atom. The van der Waals surface area contributed by atoms with Crippen LogP contribution >= 0.6 is 11.6 Å². The molecule has 2 fully saturated rings. The van der Waals surface area contributed by atoms with Crippen LogP contribution in [0.5, 0.6) is 11.5 Å². The second-order valence-electron chi connectivity index (χ2n) is 11.4. The predicted octanol–water partition coefficient (Wildman–Crippen LogP) is 6.35. The summed E-state index contributed by atoms with van der Waals surface area (Å²) in [6.07, 6.45) is 2.01. The molecule has 3 aliphatic heterocycles. The van der Waals surface area contributed by atoms with E-state index in [4.69, 9.17) is 25.8 Å². The van der Waals surface area contributed by atoms with E-state index in [2.05, 4.69) is 9.88 Å². The van der Waals surface area contributed by atoms with E-state index in [1.807, 2.05) is 22.8 Å². The number of piperidine rings is 1. The maximum absolute atomic E-state index is 14.9. The minimum absolute atomic E-state index is 0.00455. The Bertz CT molecular complexity index is 1700. The zero-order chi connectivity index (χ0) is 29.7. The summed E-state index contributed by atoms with van der Waals surface area (Å²) in [6.45, 7) is 3.43. The van der Waals surface area contributed by atoms with Gasteiger partial charge in [0.1, 0.15) is 23.8 Å². The van der Waals surface area contributed by atoms with Gasteiger partial charge in [0.25, 0.3) is 0 Å². The number of halogens is 3. The van der Waals surface area contributed by atoms with E-state index >= 15 is 0 Å². The highest BCUT2D eigenvalue weighted by Gasteiger charge is 2.32. The zero-order valence-corrected chi connectivity index (χ0v) is 24.0. The molecular weight excluding hydrogens is 580 g/mol. The van der Waals surface area contributed by atoms with Gasteiger partial charge in [0.05, 0.1) is 30.3 Å². The Kier molecular flexibility index (Phi) is 7.44. The van der Waals surface area contributed by atoms with Gasteiger partial charge in [-0.1, -0.05) is 29.8 Å². The quantitative estimate of drug-likeness (QED) is 0.261. The van der Waals surface area contributed by atoms with Gasteiger partial charge in [-0.25, -0.2) is 18.6 Å². The van der Waals surface area contributed by atoms with Crippen molar-refractivity contribution in [3.05, 3.63) is 87.7 Å². The van der Waals surface area contributed by atoms with Crippen molar-refractivity contribution in [2.24, 2.45) is 0 Å². The average molecular weight is 610 g/mol. The molecule has 0 amide bonds. The number of nitrogens with zero attached hydrogens (tertiary/aromatic N) is 3. The Hall–Kier alpha value is -3.73. The molecule has 4 aromatic rings. The lowest BCUT2D eigenvalue weighted by atomic mass is 9.88. The Labute approximate surface area is 251 Å². The summed E-state index contributed by atoms with van der Waals surface area (Å²) in [5.41, 5.74) is 1.98. The number of carbonyl (C=O) groups is 1. The normalized spacial score (nSPS) is 20.7. The summed E-state index contributed by atoms with van der Waals surface area (Å²) < 4.78 is 49.5. The van der Waals surface area contributed by atoms with E-state index < -0.39 is 23.7 Å². The summed E-state index contributed by atoms with van der Waals surface area (Å²) in [7, 11) is 0. The summed E-state index contributed by atoms with van der Waals surface area (Å²) in [6, 6.07) is 12.9. The second-order valence-corrected chi connectivity index (χ2v) is 11.8. The number of ether oxygens (including phenoxy) is 3. The molecule has 2 saturated heterocycles. The maximum Gasteiger partial charge on any atom is 0.335 e. The van der Waals surface area contributed by atoms with Crippen LogP contribution in [0.2, 0.25) is 5.02 Å². The van der Waals surface area contributed by atoms with Crippen LogP contribution in [-0.2, 0) is 17.8 Å². The topological polar surface area (TPSA) is 86.0 Å². The first-order valence-electron chi connectivity index (χ1n) is 14.5. The van der Waals surface area contributed by atoms with Crippen LogP contribution in [0.4, 0.5) is 8.78 Å². The van der Waals surface area contributed by atoms with Gasteiger partial charge in [-0.2, -0.15) is 0 Å². The number of hydrogen-bond donors (Lipinski definition) is 1. The molecule has 3 aromatic carbocycles. The first kappa shape index (κ1) is 28.1.